The molecule has 0 radical (unpaired) electrons. The minimum atomic E-state index is -3.04. The molecule has 1 saturated heterocycles. The van der Waals surface area contributed by atoms with E-state index < -0.39 is 9.84 Å². The van der Waals surface area contributed by atoms with Crippen LogP contribution in [0.5, 0.6) is 0 Å². The van der Waals surface area contributed by atoms with Crippen molar-refractivity contribution in [3.63, 3.8) is 0 Å². The Balaban J connectivity index is 1.66. The highest BCUT2D eigenvalue weighted by Crippen LogP contribution is 2.29. The van der Waals surface area contributed by atoms with E-state index in [-0.39, 0.29) is 29.6 Å². The predicted molar refractivity (Wildman–Crippen MR) is 92.7 cm³/mol. The summed E-state index contributed by atoms with van der Waals surface area (Å²) < 4.78 is 29.1. The highest BCUT2D eigenvalue weighted by molar-refractivity contribution is 7.91. The van der Waals surface area contributed by atoms with E-state index in [1.54, 1.807) is 0 Å². The van der Waals surface area contributed by atoms with E-state index in [1.165, 1.54) is 0 Å². The first-order valence-corrected chi connectivity index (χ1v) is 9.93. The minimum absolute atomic E-state index is 0.0124. The fourth-order valence-electron chi connectivity index (χ4n) is 3.23. The Labute approximate surface area is 141 Å². The Morgan fingerprint density at radius 3 is 2.79 bits per heavy atom. The van der Waals surface area contributed by atoms with Crippen molar-refractivity contribution in [1.29, 1.82) is 0 Å². The second-order valence-corrected chi connectivity index (χ2v) is 8.61. The lowest BCUT2D eigenvalue weighted by Gasteiger charge is -2.24. The van der Waals surface area contributed by atoms with Crippen molar-refractivity contribution < 1.29 is 17.6 Å². The fourth-order valence-corrected chi connectivity index (χ4v) is 4.87. The molecule has 0 aliphatic carbocycles. The molecule has 1 aromatic heterocycles. The molecule has 0 saturated carbocycles. The van der Waals surface area contributed by atoms with Crippen molar-refractivity contribution in [2.75, 3.05) is 11.5 Å². The molecular weight excluding hydrogens is 328 g/mol. The van der Waals surface area contributed by atoms with Crippen LogP contribution in [0.2, 0.25) is 0 Å². The van der Waals surface area contributed by atoms with Crippen molar-refractivity contribution in [2.24, 2.45) is 0 Å². The standard InChI is InChI=1S/C17H22N2O4S/c1-11-14-7-3-4-8-15(14)23-16(11)12(2)18-17(20)19-13-6-5-9-24(21,22)10-13/h3-4,7-8,12-13H,5-6,9-10H2,1-2H3,(H2,18,19,20). The van der Waals surface area contributed by atoms with Gasteiger partial charge in [-0.1, -0.05) is 18.2 Å². The number of nitrogens with one attached hydrogen (secondary N) is 2. The highest BCUT2D eigenvalue weighted by Gasteiger charge is 2.26. The first-order chi connectivity index (χ1) is 11.4. The fraction of sp³-hybridized carbons (Fsp3) is 0.471. The number of amides is 2. The molecule has 130 valence electrons. The number of rotatable bonds is 3. The molecule has 2 unspecified atom stereocenters. The van der Waals surface area contributed by atoms with Crippen molar-refractivity contribution in [2.45, 2.75) is 38.8 Å². The van der Waals surface area contributed by atoms with E-state index in [0.29, 0.717) is 18.6 Å². The van der Waals surface area contributed by atoms with E-state index in [4.69, 9.17) is 4.42 Å². The number of urea groups is 1. The number of furan rings is 1. The third kappa shape index (κ3) is 3.56. The molecular formula is C17H22N2O4S. The highest BCUT2D eigenvalue weighted by atomic mass is 32.2. The zero-order chi connectivity index (χ0) is 17.3. The van der Waals surface area contributed by atoms with Crippen molar-refractivity contribution in [3.05, 3.63) is 35.6 Å². The summed E-state index contributed by atoms with van der Waals surface area (Å²) in [5.74, 6) is 0.933. The van der Waals surface area contributed by atoms with Gasteiger partial charge < -0.3 is 15.1 Å². The summed E-state index contributed by atoms with van der Waals surface area (Å²) in [5, 5.41) is 6.62. The third-order valence-electron chi connectivity index (χ3n) is 4.42. The van der Waals surface area contributed by atoms with Crippen LogP contribution in [0.4, 0.5) is 4.79 Å². The van der Waals surface area contributed by atoms with E-state index in [0.717, 1.165) is 16.5 Å². The van der Waals surface area contributed by atoms with Crippen LogP contribution in [0.3, 0.4) is 0 Å². The molecule has 2 N–H and O–H groups in total. The number of para-hydroxylation sites is 1. The van der Waals surface area contributed by atoms with Gasteiger partial charge in [0, 0.05) is 17.0 Å². The molecule has 1 aliphatic heterocycles. The quantitative estimate of drug-likeness (QED) is 0.891. The SMILES string of the molecule is Cc1c(C(C)NC(=O)NC2CCCS(=O)(=O)C2)oc2ccccc12. The summed E-state index contributed by atoms with van der Waals surface area (Å²) in [5.41, 5.74) is 1.79. The van der Waals surface area contributed by atoms with Crippen LogP contribution in [0, 0.1) is 6.92 Å². The van der Waals surface area contributed by atoms with E-state index >= 15 is 0 Å². The van der Waals surface area contributed by atoms with E-state index in [1.807, 2.05) is 38.1 Å². The maximum atomic E-state index is 12.2. The first-order valence-electron chi connectivity index (χ1n) is 8.11. The molecule has 1 fully saturated rings. The Bertz CT molecular complexity index is 857. The lowest BCUT2D eigenvalue weighted by atomic mass is 10.1. The van der Waals surface area contributed by atoms with Gasteiger partial charge in [0.2, 0.25) is 0 Å². The van der Waals surface area contributed by atoms with Crippen LogP contribution in [-0.2, 0) is 9.84 Å². The van der Waals surface area contributed by atoms with E-state index in [2.05, 4.69) is 10.6 Å². The number of fused-ring (bicyclic) bond motifs is 1. The molecule has 24 heavy (non-hydrogen) atoms. The van der Waals surface area contributed by atoms with Gasteiger partial charge in [0.25, 0.3) is 0 Å². The second-order valence-electron chi connectivity index (χ2n) is 6.38. The van der Waals surface area contributed by atoms with Gasteiger partial charge in [-0.2, -0.15) is 0 Å². The van der Waals surface area contributed by atoms with Crippen LogP contribution in [-0.4, -0.2) is 32.0 Å². The molecule has 0 spiro atoms. The smallest absolute Gasteiger partial charge is 0.315 e. The largest absolute Gasteiger partial charge is 0.459 e. The van der Waals surface area contributed by atoms with Crippen LogP contribution < -0.4 is 10.6 Å². The Morgan fingerprint density at radius 1 is 1.33 bits per heavy atom. The Morgan fingerprint density at radius 2 is 2.08 bits per heavy atom. The van der Waals surface area contributed by atoms with Gasteiger partial charge in [-0.3, -0.25) is 0 Å². The van der Waals surface area contributed by atoms with Gasteiger partial charge in [0.15, 0.2) is 9.84 Å². The number of sulfone groups is 1. The van der Waals surface area contributed by atoms with Crippen LogP contribution in [0.15, 0.2) is 28.7 Å². The van der Waals surface area contributed by atoms with Gasteiger partial charge in [0.05, 0.1) is 17.5 Å². The number of benzene rings is 1. The predicted octanol–water partition coefficient (Wildman–Crippen LogP) is 2.68. The van der Waals surface area contributed by atoms with Gasteiger partial charge in [-0.25, -0.2) is 13.2 Å². The summed E-state index contributed by atoms with van der Waals surface area (Å²) in [6, 6.07) is 6.73. The molecule has 2 amide bonds. The molecule has 2 heterocycles. The number of carbonyl (C=O) groups excluding carboxylic acids is 1. The number of carbonyl (C=O) groups is 1. The number of hydrogen-bond acceptors (Lipinski definition) is 4. The number of aryl methyl sites for hydroxylation is 1. The van der Waals surface area contributed by atoms with Crippen LogP contribution in [0.25, 0.3) is 11.0 Å². The topological polar surface area (TPSA) is 88.4 Å². The molecule has 0 bridgehead atoms. The maximum Gasteiger partial charge on any atom is 0.315 e. The summed E-state index contributed by atoms with van der Waals surface area (Å²) in [6.07, 6.45) is 1.27. The summed E-state index contributed by atoms with van der Waals surface area (Å²) in [4.78, 5) is 12.2. The van der Waals surface area contributed by atoms with E-state index in [9.17, 15) is 13.2 Å². The average molecular weight is 350 g/mol. The summed E-state index contributed by atoms with van der Waals surface area (Å²) >= 11 is 0. The molecule has 1 aromatic carbocycles. The van der Waals surface area contributed by atoms with Crippen molar-refractivity contribution in [3.8, 4) is 0 Å². The summed E-state index contributed by atoms with van der Waals surface area (Å²) in [6.45, 7) is 3.81. The van der Waals surface area contributed by atoms with Crippen molar-refractivity contribution >= 4 is 26.8 Å². The van der Waals surface area contributed by atoms with Crippen LogP contribution >= 0.6 is 0 Å². The van der Waals surface area contributed by atoms with Crippen LogP contribution in [0.1, 0.15) is 37.1 Å². The Hall–Kier alpha value is -2.02. The second kappa shape index (κ2) is 6.47. The average Bonchev–Trinajstić information content (AvgIpc) is 2.84. The molecule has 3 rings (SSSR count). The maximum absolute atomic E-state index is 12.2. The Kier molecular flexibility index (Phi) is 4.54. The number of hydrogen-bond donors (Lipinski definition) is 2. The monoisotopic (exact) mass is 350 g/mol. The minimum Gasteiger partial charge on any atom is -0.459 e. The normalized spacial score (nSPS) is 21.3. The van der Waals surface area contributed by atoms with Crippen molar-refractivity contribution in [1.82, 2.24) is 10.6 Å². The first kappa shape index (κ1) is 16.8. The summed E-state index contributed by atoms with van der Waals surface area (Å²) in [7, 11) is -3.04. The third-order valence-corrected chi connectivity index (χ3v) is 6.24. The molecule has 2 atom stereocenters. The zero-order valence-electron chi connectivity index (χ0n) is 13.8. The van der Waals surface area contributed by atoms with Gasteiger partial charge >= 0.3 is 6.03 Å². The molecule has 6 nitrogen and oxygen atoms in total. The lowest BCUT2D eigenvalue weighted by Crippen LogP contribution is -2.47. The molecule has 1 aliphatic rings. The molecule has 2 aromatic rings. The zero-order valence-corrected chi connectivity index (χ0v) is 14.7. The molecule has 7 heteroatoms. The van der Waals surface area contributed by atoms with Gasteiger partial charge in [0.1, 0.15) is 11.3 Å². The van der Waals surface area contributed by atoms with Gasteiger partial charge in [-0.05, 0) is 32.8 Å². The van der Waals surface area contributed by atoms with Gasteiger partial charge in [-0.15, -0.1) is 0 Å². The lowest BCUT2D eigenvalue weighted by molar-refractivity contribution is 0.232.